The van der Waals surface area contributed by atoms with Crippen LogP contribution in [-0.4, -0.2) is 5.11 Å². The third-order valence-electron chi connectivity index (χ3n) is 2.56. The summed E-state index contributed by atoms with van der Waals surface area (Å²) in [5.74, 6) is -1.22. The number of aliphatic hydroxyl groups excluding tert-OH is 1. The average molecular weight is 234 g/mol. The molecule has 0 spiro atoms. The minimum absolute atomic E-state index is 0.463. The Kier molecular flexibility index (Phi) is 3.20. The minimum Gasteiger partial charge on any atom is -0.389 e. The molecule has 1 N–H and O–H groups in total. The fraction of sp³-hybridized carbons (Fsp3) is 0.143. The highest BCUT2D eigenvalue weighted by molar-refractivity contribution is 5.64. The predicted octanol–water partition coefficient (Wildman–Crippen LogP) is 3.69. The molecule has 2 rings (SSSR count). The number of benzene rings is 2. The molecule has 0 fully saturated rings. The van der Waals surface area contributed by atoms with E-state index in [1.807, 2.05) is 0 Å². The van der Waals surface area contributed by atoms with Crippen LogP contribution in [0.15, 0.2) is 42.5 Å². The largest absolute Gasteiger partial charge is 0.389 e. The normalized spacial score (nSPS) is 12.5. The highest BCUT2D eigenvalue weighted by Crippen LogP contribution is 2.24. The van der Waals surface area contributed by atoms with E-state index in [0.717, 1.165) is 6.07 Å². The fourth-order valence-electron chi connectivity index (χ4n) is 1.70. The molecule has 88 valence electrons. The van der Waals surface area contributed by atoms with Crippen molar-refractivity contribution in [2.24, 2.45) is 0 Å². The molecule has 0 aromatic heterocycles. The van der Waals surface area contributed by atoms with Crippen molar-refractivity contribution in [1.82, 2.24) is 0 Å². The lowest BCUT2D eigenvalue weighted by Crippen LogP contribution is -1.91. The van der Waals surface area contributed by atoms with E-state index in [9.17, 15) is 13.9 Å². The first kappa shape index (κ1) is 11.7. The maximum absolute atomic E-state index is 13.1. The number of rotatable bonds is 2. The molecule has 0 unspecified atom stereocenters. The summed E-state index contributed by atoms with van der Waals surface area (Å²) >= 11 is 0. The average Bonchev–Trinajstić information content (AvgIpc) is 2.28. The molecule has 1 atom stereocenters. The van der Waals surface area contributed by atoms with Crippen LogP contribution in [0.5, 0.6) is 0 Å². The lowest BCUT2D eigenvalue weighted by molar-refractivity contribution is 0.199. The Hall–Kier alpha value is -1.74. The lowest BCUT2D eigenvalue weighted by atomic mass is 10.0. The SMILES string of the molecule is C[C@H](O)c1cccc(-c2cc(F)cc(F)c2)c1. The van der Waals surface area contributed by atoms with E-state index in [-0.39, 0.29) is 0 Å². The van der Waals surface area contributed by atoms with Crippen molar-refractivity contribution < 1.29 is 13.9 Å². The minimum atomic E-state index is -0.609. The van der Waals surface area contributed by atoms with Crippen LogP contribution < -0.4 is 0 Å². The second kappa shape index (κ2) is 4.63. The first-order valence-corrected chi connectivity index (χ1v) is 5.31. The molecule has 0 bridgehead atoms. The molecular formula is C14H12F2O. The Balaban J connectivity index is 2.49. The van der Waals surface area contributed by atoms with Crippen LogP contribution in [0.1, 0.15) is 18.6 Å². The number of hydrogen-bond donors (Lipinski definition) is 1. The van der Waals surface area contributed by atoms with Crippen molar-refractivity contribution in [2.75, 3.05) is 0 Å². The molecule has 2 aromatic carbocycles. The first-order chi connectivity index (χ1) is 8.06. The molecule has 0 heterocycles. The van der Waals surface area contributed by atoms with Gasteiger partial charge < -0.3 is 5.11 Å². The molecule has 1 nitrogen and oxygen atoms in total. The predicted molar refractivity (Wildman–Crippen MR) is 62.4 cm³/mol. The maximum Gasteiger partial charge on any atom is 0.126 e. The van der Waals surface area contributed by atoms with Crippen LogP contribution in [0.2, 0.25) is 0 Å². The molecule has 0 radical (unpaired) electrons. The van der Waals surface area contributed by atoms with Gasteiger partial charge in [-0.05, 0) is 41.8 Å². The Morgan fingerprint density at radius 2 is 1.59 bits per heavy atom. The van der Waals surface area contributed by atoms with E-state index in [2.05, 4.69) is 0 Å². The van der Waals surface area contributed by atoms with E-state index in [1.165, 1.54) is 12.1 Å². The zero-order chi connectivity index (χ0) is 12.4. The van der Waals surface area contributed by atoms with E-state index in [0.29, 0.717) is 16.7 Å². The Morgan fingerprint density at radius 1 is 0.941 bits per heavy atom. The summed E-state index contributed by atoms with van der Waals surface area (Å²) in [4.78, 5) is 0. The summed E-state index contributed by atoms with van der Waals surface area (Å²) in [6, 6.07) is 10.4. The van der Waals surface area contributed by atoms with E-state index < -0.39 is 17.7 Å². The van der Waals surface area contributed by atoms with Gasteiger partial charge in [-0.3, -0.25) is 0 Å². The van der Waals surface area contributed by atoms with Gasteiger partial charge in [-0.15, -0.1) is 0 Å². The second-order valence-corrected chi connectivity index (χ2v) is 3.96. The van der Waals surface area contributed by atoms with Gasteiger partial charge in [0.05, 0.1) is 6.10 Å². The van der Waals surface area contributed by atoms with Gasteiger partial charge in [-0.25, -0.2) is 8.78 Å². The summed E-state index contributed by atoms with van der Waals surface area (Å²) < 4.78 is 26.2. The van der Waals surface area contributed by atoms with Crippen molar-refractivity contribution in [1.29, 1.82) is 0 Å². The molecule has 0 aliphatic rings. The van der Waals surface area contributed by atoms with Crippen molar-refractivity contribution in [3.8, 4) is 11.1 Å². The highest BCUT2D eigenvalue weighted by Gasteiger charge is 2.06. The van der Waals surface area contributed by atoms with Crippen molar-refractivity contribution in [3.63, 3.8) is 0 Å². The van der Waals surface area contributed by atoms with Gasteiger partial charge in [0.2, 0.25) is 0 Å². The molecule has 0 aliphatic heterocycles. The van der Waals surface area contributed by atoms with E-state index >= 15 is 0 Å². The topological polar surface area (TPSA) is 20.2 Å². The van der Waals surface area contributed by atoms with Crippen LogP contribution in [0, 0.1) is 11.6 Å². The van der Waals surface area contributed by atoms with Crippen LogP contribution in [-0.2, 0) is 0 Å². The number of aliphatic hydroxyl groups is 1. The summed E-state index contributed by atoms with van der Waals surface area (Å²) in [7, 11) is 0. The molecule has 2 aromatic rings. The zero-order valence-corrected chi connectivity index (χ0v) is 9.32. The third kappa shape index (κ3) is 2.68. The molecule has 0 saturated carbocycles. The van der Waals surface area contributed by atoms with Gasteiger partial charge in [0, 0.05) is 6.07 Å². The summed E-state index contributed by atoms with van der Waals surface area (Å²) in [6.07, 6.45) is -0.603. The Morgan fingerprint density at radius 3 is 2.18 bits per heavy atom. The van der Waals surface area contributed by atoms with Crippen LogP contribution in [0.25, 0.3) is 11.1 Å². The lowest BCUT2D eigenvalue weighted by Gasteiger charge is -2.08. The van der Waals surface area contributed by atoms with Gasteiger partial charge in [-0.2, -0.15) is 0 Å². The quantitative estimate of drug-likeness (QED) is 0.840. The van der Waals surface area contributed by atoms with Crippen LogP contribution >= 0.6 is 0 Å². The Bertz CT molecular complexity index is 515. The van der Waals surface area contributed by atoms with E-state index in [4.69, 9.17) is 0 Å². The fourth-order valence-corrected chi connectivity index (χ4v) is 1.70. The third-order valence-corrected chi connectivity index (χ3v) is 2.56. The van der Waals surface area contributed by atoms with Gasteiger partial charge in [0.1, 0.15) is 11.6 Å². The summed E-state index contributed by atoms with van der Waals surface area (Å²) in [5.41, 5.74) is 1.86. The molecular weight excluding hydrogens is 222 g/mol. The van der Waals surface area contributed by atoms with Gasteiger partial charge in [-0.1, -0.05) is 18.2 Å². The zero-order valence-electron chi connectivity index (χ0n) is 9.32. The smallest absolute Gasteiger partial charge is 0.126 e. The molecule has 0 saturated heterocycles. The Labute approximate surface area is 98.3 Å². The van der Waals surface area contributed by atoms with Crippen molar-refractivity contribution in [2.45, 2.75) is 13.0 Å². The monoisotopic (exact) mass is 234 g/mol. The maximum atomic E-state index is 13.1. The van der Waals surface area contributed by atoms with Gasteiger partial charge >= 0.3 is 0 Å². The standard InChI is InChI=1S/C14H12F2O/c1-9(17)10-3-2-4-11(5-10)12-6-13(15)8-14(16)7-12/h2-9,17H,1H3/t9-/m0/s1. The van der Waals surface area contributed by atoms with Crippen molar-refractivity contribution >= 4 is 0 Å². The van der Waals surface area contributed by atoms with Gasteiger partial charge in [0.15, 0.2) is 0 Å². The summed E-state index contributed by atoms with van der Waals surface area (Å²) in [5, 5.41) is 9.46. The number of halogens is 2. The number of hydrogen-bond acceptors (Lipinski definition) is 1. The van der Waals surface area contributed by atoms with Crippen LogP contribution in [0.3, 0.4) is 0 Å². The molecule has 3 heteroatoms. The van der Waals surface area contributed by atoms with E-state index in [1.54, 1.807) is 31.2 Å². The van der Waals surface area contributed by atoms with Crippen molar-refractivity contribution in [3.05, 3.63) is 59.7 Å². The highest BCUT2D eigenvalue weighted by atomic mass is 19.1. The summed E-state index contributed by atoms with van der Waals surface area (Å²) in [6.45, 7) is 1.64. The first-order valence-electron chi connectivity index (χ1n) is 5.31. The molecule has 0 amide bonds. The molecule has 17 heavy (non-hydrogen) atoms. The van der Waals surface area contributed by atoms with Gasteiger partial charge in [0.25, 0.3) is 0 Å². The van der Waals surface area contributed by atoms with Crippen LogP contribution in [0.4, 0.5) is 8.78 Å². The second-order valence-electron chi connectivity index (χ2n) is 3.96. The molecule has 0 aliphatic carbocycles.